The van der Waals surface area contributed by atoms with E-state index in [0.717, 1.165) is 0 Å². The average molecular weight is 478 g/mol. The first kappa shape index (κ1) is 23.9. The Morgan fingerprint density at radius 2 is 1.77 bits per heavy atom. The van der Waals surface area contributed by atoms with Crippen LogP contribution >= 0.6 is 0 Å². The standard InChI is InChI=1S/C25H27N5O5/c1-5-34-17-12-10-16(11-13-17)22(31)26-21(15(2)3)24(33)35-14-20-27-28-25-29(4)23(32)18-8-6-7-9-19(18)30(20)25/h6-13,15,21H,5,14H2,1-4H3,(H,26,31)/t21-/m0/s1. The summed E-state index contributed by atoms with van der Waals surface area (Å²) in [5.74, 6) is 0.160. The van der Waals surface area contributed by atoms with Crippen LogP contribution in [-0.4, -0.2) is 43.7 Å². The molecule has 0 radical (unpaired) electrons. The number of esters is 1. The highest BCUT2D eigenvalue weighted by molar-refractivity contribution is 5.97. The van der Waals surface area contributed by atoms with Crippen LogP contribution in [0.3, 0.4) is 0 Å². The van der Waals surface area contributed by atoms with E-state index in [-0.39, 0.29) is 18.1 Å². The molecule has 10 heteroatoms. The molecule has 2 heterocycles. The zero-order chi connectivity index (χ0) is 25.1. The number of aryl methyl sites for hydroxylation is 1. The first-order chi connectivity index (χ1) is 16.8. The van der Waals surface area contributed by atoms with E-state index in [9.17, 15) is 14.4 Å². The van der Waals surface area contributed by atoms with E-state index in [1.54, 1.807) is 53.9 Å². The average Bonchev–Trinajstić information content (AvgIpc) is 3.29. The van der Waals surface area contributed by atoms with Crippen LogP contribution in [0.5, 0.6) is 5.75 Å². The lowest BCUT2D eigenvalue weighted by molar-refractivity contribution is -0.148. The van der Waals surface area contributed by atoms with Gasteiger partial charge in [0.25, 0.3) is 11.5 Å². The van der Waals surface area contributed by atoms with Crippen molar-refractivity contribution < 1.29 is 19.1 Å². The smallest absolute Gasteiger partial charge is 0.329 e. The number of nitrogens with one attached hydrogen (secondary N) is 1. The minimum atomic E-state index is -0.866. The third-order valence-electron chi connectivity index (χ3n) is 5.67. The van der Waals surface area contributed by atoms with Crippen molar-refractivity contribution in [2.75, 3.05) is 6.61 Å². The summed E-state index contributed by atoms with van der Waals surface area (Å²) in [6, 6.07) is 12.9. The van der Waals surface area contributed by atoms with E-state index >= 15 is 0 Å². The first-order valence-electron chi connectivity index (χ1n) is 11.3. The molecule has 2 aromatic carbocycles. The van der Waals surface area contributed by atoms with Gasteiger partial charge in [-0.2, -0.15) is 0 Å². The number of para-hydroxylation sites is 1. The van der Waals surface area contributed by atoms with Crippen molar-refractivity contribution in [2.24, 2.45) is 13.0 Å². The molecule has 35 heavy (non-hydrogen) atoms. The van der Waals surface area contributed by atoms with Gasteiger partial charge in [0.1, 0.15) is 11.8 Å². The van der Waals surface area contributed by atoms with Crippen molar-refractivity contribution in [3.05, 3.63) is 70.3 Å². The van der Waals surface area contributed by atoms with Gasteiger partial charge in [-0.15, -0.1) is 10.2 Å². The van der Waals surface area contributed by atoms with Gasteiger partial charge < -0.3 is 14.8 Å². The fraction of sp³-hybridized carbons (Fsp3) is 0.320. The van der Waals surface area contributed by atoms with Gasteiger partial charge >= 0.3 is 5.97 Å². The molecule has 4 aromatic rings. The maximum absolute atomic E-state index is 12.9. The van der Waals surface area contributed by atoms with E-state index in [2.05, 4.69) is 15.5 Å². The van der Waals surface area contributed by atoms with Crippen molar-refractivity contribution in [1.29, 1.82) is 0 Å². The maximum atomic E-state index is 12.9. The predicted octanol–water partition coefficient (Wildman–Crippen LogP) is 2.48. The molecule has 0 bridgehead atoms. The Kier molecular flexibility index (Phi) is 6.81. The molecular weight excluding hydrogens is 450 g/mol. The number of hydrogen-bond acceptors (Lipinski definition) is 7. The Bertz CT molecular complexity index is 1440. The summed E-state index contributed by atoms with van der Waals surface area (Å²) in [7, 11) is 1.61. The van der Waals surface area contributed by atoms with Crippen molar-refractivity contribution >= 4 is 28.6 Å². The van der Waals surface area contributed by atoms with Crippen LogP contribution in [0.15, 0.2) is 53.3 Å². The lowest BCUT2D eigenvalue weighted by Crippen LogP contribution is -2.45. The van der Waals surface area contributed by atoms with Gasteiger partial charge in [-0.05, 0) is 49.2 Å². The Morgan fingerprint density at radius 3 is 2.46 bits per heavy atom. The molecule has 4 rings (SSSR count). The second-order valence-electron chi connectivity index (χ2n) is 8.39. The molecule has 1 amide bonds. The van der Waals surface area contributed by atoms with Crippen LogP contribution in [0.4, 0.5) is 0 Å². The molecule has 0 fully saturated rings. The molecule has 0 spiro atoms. The molecule has 0 unspecified atom stereocenters. The van der Waals surface area contributed by atoms with Crippen LogP contribution in [0.1, 0.15) is 37.0 Å². The van der Waals surface area contributed by atoms with E-state index in [1.165, 1.54) is 4.57 Å². The van der Waals surface area contributed by atoms with E-state index < -0.39 is 17.9 Å². The highest BCUT2D eigenvalue weighted by Gasteiger charge is 2.27. The van der Waals surface area contributed by atoms with Gasteiger partial charge in [0.05, 0.1) is 17.5 Å². The Hall–Kier alpha value is -4.21. The van der Waals surface area contributed by atoms with Crippen LogP contribution in [0.25, 0.3) is 16.7 Å². The number of fused-ring (bicyclic) bond motifs is 3. The number of carbonyl (C=O) groups is 2. The number of amides is 1. The molecule has 0 saturated carbocycles. The van der Waals surface area contributed by atoms with Crippen molar-refractivity contribution in [1.82, 2.24) is 24.5 Å². The summed E-state index contributed by atoms with van der Waals surface area (Å²) in [6.45, 7) is 5.87. The lowest BCUT2D eigenvalue weighted by Gasteiger charge is -2.21. The molecule has 0 aliphatic rings. The Morgan fingerprint density at radius 1 is 1.06 bits per heavy atom. The number of rotatable bonds is 8. The molecule has 0 aliphatic heterocycles. The van der Waals surface area contributed by atoms with Crippen LogP contribution < -0.4 is 15.6 Å². The highest BCUT2D eigenvalue weighted by atomic mass is 16.5. The molecule has 182 valence electrons. The van der Waals surface area contributed by atoms with Crippen LogP contribution in [0, 0.1) is 5.92 Å². The molecule has 0 saturated heterocycles. The van der Waals surface area contributed by atoms with Gasteiger partial charge in [0.2, 0.25) is 5.78 Å². The second kappa shape index (κ2) is 9.96. The van der Waals surface area contributed by atoms with E-state index in [4.69, 9.17) is 9.47 Å². The number of ether oxygens (including phenoxy) is 2. The molecular formula is C25H27N5O5. The number of nitrogens with zero attached hydrogens (tertiary/aromatic N) is 4. The summed E-state index contributed by atoms with van der Waals surface area (Å²) in [5.41, 5.74) is 0.828. The summed E-state index contributed by atoms with van der Waals surface area (Å²) in [4.78, 5) is 38.3. The van der Waals surface area contributed by atoms with Crippen LogP contribution in [-0.2, 0) is 23.2 Å². The van der Waals surface area contributed by atoms with Crippen LogP contribution in [0.2, 0.25) is 0 Å². The number of hydrogen-bond donors (Lipinski definition) is 1. The summed E-state index contributed by atoms with van der Waals surface area (Å²) >= 11 is 0. The molecule has 2 aromatic heterocycles. The van der Waals surface area contributed by atoms with Crippen molar-refractivity contribution in [3.8, 4) is 5.75 Å². The molecule has 0 aliphatic carbocycles. The minimum Gasteiger partial charge on any atom is -0.494 e. The second-order valence-corrected chi connectivity index (χ2v) is 8.39. The number of carbonyl (C=O) groups excluding carboxylic acids is 2. The summed E-state index contributed by atoms with van der Waals surface area (Å²) in [6.07, 6.45) is 0. The third kappa shape index (κ3) is 4.72. The van der Waals surface area contributed by atoms with Gasteiger partial charge in [0.15, 0.2) is 12.4 Å². The largest absolute Gasteiger partial charge is 0.494 e. The van der Waals surface area contributed by atoms with E-state index in [0.29, 0.717) is 40.4 Å². The van der Waals surface area contributed by atoms with Crippen molar-refractivity contribution in [3.63, 3.8) is 0 Å². The van der Waals surface area contributed by atoms with E-state index in [1.807, 2.05) is 26.8 Å². The maximum Gasteiger partial charge on any atom is 0.329 e. The van der Waals surface area contributed by atoms with Crippen molar-refractivity contribution in [2.45, 2.75) is 33.4 Å². The van der Waals surface area contributed by atoms with Gasteiger partial charge in [-0.1, -0.05) is 26.0 Å². The molecule has 1 atom stereocenters. The minimum absolute atomic E-state index is 0.176. The highest BCUT2D eigenvalue weighted by Crippen LogP contribution is 2.16. The normalized spacial score (nSPS) is 12.1. The zero-order valence-corrected chi connectivity index (χ0v) is 20.0. The summed E-state index contributed by atoms with van der Waals surface area (Å²) < 4.78 is 14.0. The quantitative estimate of drug-likeness (QED) is 0.388. The van der Waals surface area contributed by atoms with Gasteiger partial charge in [-0.25, -0.2) is 4.79 Å². The van der Waals surface area contributed by atoms with Gasteiger partial charge in [0, 0.05) is 12.6 Å². The number of aromatic nitrogens is 4. The fourth-order valence-electron chi connectivity index (χ4n) is 3.80. The summed E-state index contributed by atoms with van der Waals surface area (Å²) in [5, 5.41) is 11.5. The zero-order valence-electron chi connectivity index (χ0n) is 20.0. The fourth-order valence-corrected chi connectivity index (χ4v) is 3.80. The Labute approximate surface area is 201 Å². The number of benzene rings is 2. The van der Waals surface area contributed by atoms with Gasteiger partial charge in [-0.3, -0.25) is 18.6 Å². The topological polar surface area (TPSA) is 117 Å². The first-order valence-corrected chi connectivity index (χ1v) is 11.3. The SMILES string of the molecule is CCOc1ccc(C(=O)N[C@H](C(=O)OCc2nnc3n(C)c(=O)c4ccccc4n23)C(C)C)cc1. The monoisotopic (exact) mass is 477 g/mol. The lowest BCUT2D eigenvalue weighted by atomic mass is 10.0. The third-order valence-corrected chi connectivity index (χ3v) is 5.67. The Balaban J connectivity index is 1.52. The predicted molar refractivity (Wildman–Crippen MR) is 129 cm³/mol. The molecule has 1 N–H and O–H groups in total. The molecule has 10 nitrogen and oxygen atoms in total.